The molecule has 0 radical (unpaired) electrons. The second kappa shape index (κ2) is 6.81. The Hall–Kier alpha value is -2.45. The Kier molecular flexibility index (Phi) is 4.37. The van der Waals surface area contributed by atoms with Crippen LogP contribution in [0.5, 0.6) is 0 Å². The predicted octanol–water partition coefficient (Wildman–Crippen LogP) is 1.73. The summed E-state index contributed by atoms with van der Waals surface area (Å²) in [5, 5.41) is 13.6. The summed E-state index contributed by atoms with van der Waals surface area (Å²) in [6, 6.07) is 7.34. The molecule has 1 spiro atoms. The minimum Gasteiger partial charge on any atom is -0.378 e. The number of rotatable bonds is 3. The van der Waals surface area contributed by atoms with Gasteiger partial charge in [0.05, 0.1) is 30.3 Å². The molecule has 2 amide bonds. The van der Waals surface area contributed by atoms with Crippen molar-refractivity contribution in [2.75, 3.05) is 25.1 Å². The van der Waals surface area contributed by atoms with Crippen molar-refractivity contribution in [3.05, 3.63) is 36.7 Å². The average molecular weight is 343 g/mol. The van der Waals surface area contributed by atoms with Crippen molar-refractivity contribution in [3.8, 4) is 5.69 Å². The maximum Gasteiger partial charge on any atom is 0.319 e. The molecule has 0 saturated carbocycles. The molecule has 2 atom stereocenters. The molecule has 25 heavy (non-hydrogen) atoms. The van der Waals surface area contributed by atoms with Crippen LogP contribution in [0, 0.1) is 0 Å². The van der Waals surface area contributed by atoms with Crippen LogP contribution in [0.15, 0.2) is 36.7 Å². The first kappa shape index (κ1) is 16.0. The van der Waals surface area contributed by atoms with Gasteiger partial charge in [-0.3, -0.25) is 0 Å². The highest BCUT2D eigenvalue weighted by Gasteiger charge is 2.41. The summed E-state index contributed by atoms with van der Waals surface area (Å²) in [6.45, 7) is 2.01. The van der Waals surface area contributed by atoms with E-state index in [1.807, 2.05) is 24.3 Å². The van der Waals surface area contributed by atoms with Crippen molar-refractivity contribution in [2.45, 2.75) is 30.9 Å². The zero-order valence-electron chi connectivity index (χ0n) is 13.9. The summed E-state index contributed by atoms with van der Waals surface area (Å²) in [6.07, 6.45) is 5.90. The van der Waals surface area contributed by atoms with E-state index in [-0.39, 0.29) is 17.7 Å². The number of nitrogens with one attached hydrogen (secondary N) is 2. The summed E-state index contributed by atoms with van der Waals surface area (Å²) in [7, 11) is 0. The van der Waals surface area contributed by atoms with Crippen molar-refractivity contribution in [1.29, 1.82) is 0 Å². The lowest BCUT2D eigenvalue weighted by atomic mass is 9.90. The van der Waals surface area contributed by atoms with E-state index in [9.17, 15) is 4.79 Å². The molecule has 0 aliphatic carbocycles. The molecule has 2 aromatic rings. The van der Waals surface area contributed by atoms with Crippen LogP contribution in [0.1, 0.15) is 19.3 Å². The van der Waals surface area contributed by atoms with Gasteiger partial charge in [0.15, 0.2) is 0 Å². The third-order valence-electron chi connectivity index (χ3n) is 4.71. The fourth-order valence-corrected chi connectivity index (χ4v) is 3.41. The summed E-state index contributed by atoms with van der Waals surface area (Å²) in [5.41, 5.74) is 1.40. The highest BCUT2D eigenvalue weighted by molar-refractivity contribution is 5.89. The molecule has 2 aliphatic heterocycles. The second-order valence-corrected chi connectivity index (χ2v) is 6.52. The number of benzene rings is 1. The monoisotopic (exact) mass is 343 g/mol. The summed E-state index contributed by atoms with van der Waals surface area (Å²) in [4.78, 5) is 12.3. The number of hydrogen-bond donors (Lipinski definition) is 2. The number of ether oxygens (including phenoxy) is 2. The molecule has 132 valence electrons. The first-order valence-corrected chi connectivity index (χ1v) is 8.48. The highest BCUT2D eigenvalue weighted by atomic mass is 16.6. The topological polar surface area (TPSA) is 90.3 Å². The summed E-state index contributed by atoms with van der Waals surface area (Å²) < 4.78 is 13.0. The third kappa shape index (κ3) is 3.64. The molecular weight excluding hydrogens is 322 g/mol. The Morgan fingerprint density at radius 1 is 1.28 bits per heavy atom. The molecule has 1 aromatic carbocycles. The van der Waals surface area contributed by atoms with Crippen LogP contribution in [-0.2, 0) is 9.47 Å². The number of amides is 2. The zero-order valence-corrected chi connectivity index (χ0v) is 13.9. The fourth-order valence-electron chi connectivity index (χ4n) is 3.41. The van der Waals surface area contributed by atoms with Crippen LogP contribution in [0.2, 0.25) is 0 Å². The fraction of sp³-hybridized carbons (Fsp3) is 0.471. The van der Waals surface area contributed by atoms with Crippen molar-refractivity contribution >= 4 is 11.7 Å². The van der Waals surface area contributed by atoms with Crippen molar-refractivity contribution < 1.29 is 14.3 Å². The van der Waals surface area contributed by atoms with Gasteiger partial charge >= 0.3 is 6.03 Å². The van der Waals surface area contributed by atoms with E-state index in [1.165, 1.54) is 0 Å². The Morgan fingerprint density at radius 2 is 2.16 bits per heavy atom. The number of nitrogens with zero attached hydrogens (tertiary/aromatic N) is 3. The first-order chi connectivity index (χ1) is 12.2. The van der Waals surface area contributed by atoms with E-state index < -0.39 is 0 Å². The molecule has 2 aliphatic rings. The van der Waals surface area contributed by atoms with Gasteiger partial charge in [-0.2, -0.15) is 0 Å². The molecule has 2 fully saturated rings. The van der Waals surface area contributed by atoms with Crippen LogP contribution in [-0.4, -0.2) is 52.5 Å². The van der Waals surface area contributed by atoms with Crippen molar-refractivity contribution in [2.24, 2.45) is 0 Å². The number of carbonyl (C=O) groups is 1. The lowest BCUT2D eigenvalue weighted by Crippen LogP contribution is -2.49. The van der Waals surface area contributed by atoms with Gasteiger partial charge in [-0.25, -0.2) is 9.48 Å². The smallest absolute Gasteiger partial charge is 0.319 e. The van der Waals surface area contributed by atoms with E-state index in [2.05, 4.69) is 20.9 Å². The number of aromatic nitrogens is 3. The van der Waals surface area contributed by atoms with Gasteiger partial charge in [-0.15, -0.1) is 5.10 Å². The van der Waals surface area contributed by atoms with E-state index in [4.69, 9.17) is 9.47 Å². The number of hydrogen-bond acceptors (Lipinski definition) is 5. The second-order valence-electron chi connectivity index (χ2n) is 6.52. The summed E-state index contributed by atoms with van der Waals surface area (Å²) >= 11 is 0. The van der Waals surface area contributed by atoms with Gasteiger partial charge in [0.2, 0.25) is 0 Å². The average Bonchev–Trinajstić information content (AvgIpc) is 3.28. The Balaban J connectivity index is 1.32. The van der Waals surface area contributed by atoms with E-state index in [0.717, 1.165) is 37.2 Å². The first-order valence-electron chi connectivity index (χ1n) is 8.48. The van der Waals surface area contributed by atoms with Crippen molar-refractivity contribution in [1.82, 2.24) is 20.3 Å². The molecule has 3 heterocycles. The Morgan fingerprint density at radius 3 is 2.88 bits per heavy atom. The molecule has 1 aromatic heterocycles. The van der Waals surface area contributed by atoms with Crippen LogP contribution in [0.4, 0.5) is 10.5 Å². The molecule has 0 unspecified atom stereocenters. The standard InChI is InChI=1S/C17H21N5O3/c23-16(20-14-5-9-25-17(11-14)6-10-24-12-17)19-13-1-3-15(4-2-13)22-8-7-18-21-22/h1-4,7-8,14H,5-6,9-12H2,(H2,19,20,23)/t14-,17-/m1/s1. The van der Waals surface area contributed by atoms with Gasteiger partial charge in [-0.05, 0) is 37.1 Å². The molecule has 8 heteroatoms. The molecule has 8 nitrogen and oxygen atoms in total. The van der Waals surface area contributed by atoms with Crippen LogP contribution >= 0.6 is 0 Å². The van der Waals surface area contributed by atoms with Crippen molar-refractivity contribution in [3.63, 3.8) is 0 Å². The predicted molar refractivity (Wildman–Crippen MR) is 90.7 cm³/mol. The van der Waals surface area contributed by atoms with E-state index in [1.54, 1.807) is 17.1 Å². The lowest BCUT2D eigenvalue weighted by molar-refractivity contribution is -0.0877. The van der Waals surface area contributed by atoms with Gasteiger partial charge in [0, 0.05) is 31.4 Å². The van der Waals surface area contributed by atoms with Gasteiger partial charge < -0.3 is 20.1 Å². The largest absolute Gasteiger partial charge is 0.378 e. The quantitative estimate of drug-likeness (QED) is 0.886. The third-order valence-corrected chi connectivity index (χ3v) is 4.71. The van der Waals surface area contributed by atoms with E-state index in [0.29, 0.717) is 13.2 Å². The highest BCUT2D eigenvalue weighted by Crippen LogP contribution is 2.32. The number of urea groups is 1. The molecule has 4 rings (SSSR count). The SMILES string of the molecule is O=C(Nc1ccc(-n2ccnn2)cc1)N[C@@H]1CCO[C@]2(CCOC2)C1. The van der Waals surface area contributed by atoms with Crippen LogP contribution < -0.4 is 10.6 Å². The molecule has 2 saturated heterocycles. The maximum absolute atomic E-state index is 12.3. The molecule has 2 N–H and O–H groups in total. The Labute approximate surface area is 145 Å². The van der Waals surface area contributed by atoms with Gasteiger partial charge in [0.25, 0.3) is 0 Å². The van der Waals surface area contributed by atoms with Crippen LogP contribution in [0.3, 0.4) is 0 Å². The lowest BCUT2D eigenvalue weighted by Gasteiger charge is -2.37. The summed E-state index contributed by atoms with van der Waals surface area (Å²) in [5.74, 6) is 0. The molecular formula is C17H21N5O3. The minimum atomic E-state index is -0.213. The maximum atomic E-state index is 12.3. The zero-order chi connectivity index (χ0) is 17.1. The number of carbonyl (C=O) groups excluding carboxylic acids is 1. The minimum absolute atomic E-state index is 0.102. The van der Waals surface area contributed by atoms with E-state index >= 15 is 0 Å². The van der Waals surface area contributed by atoms with Gasteiger partial charge in [0.1, 0.15) is 0 Å². The normalized spacial score (nSPS) is 25.8. The number of anilines is 1. The van der Waals surface area contributed by atoms with Crippen LogP contribution in [0.25, 0.3) is 5.69 Å². The van der Waals surface area contributed by atoms with Gasteiger partial charge in [-0.1, -0.05) is 5.21 Å². The Bertz CT molecular complexity index is 710. The molecule has 0 bridgehead atoms.